The van der Waals surface area contributed by atoms with Crippen molar-refractivity contribution in [3.05, 3.63) is 0 Å². The predicted octanol–water partition coefficient (Wildman–Crippen LogP) is 5.29. The van der Waals surface area contributed by atoms with E-state index in [-0.39, 0.29) is 13.0 Å². The van der Waals surface area contributed by atoms with Crippen LogP contribution in [0.5, 0.6) is 0 Å². The molecule has 0 spiro atoms. The Hall–Kier alpha value is -0.160. The monoisotopic (exact) mass is 373 g/mol. The van der Waals surface area contributed by atoms with Gasteiger partial charge in [0.05, 0.1) is 6.61 Å². The molecule has 0 bridgehead atoms. The third kappa shape index (κ3) is 20.2. The van der Waals surface area contributed by atoms with E-state index in [1.807, 2.05) is 0 Å². The molecule has 0 radical (unpaired) electrons. The third-order valence-corrected chi connectivity index (χ3v) is 5.12. The van der Waals surface area contributed by atoms with Crippen molar-refractivity contribution in [3.63, 3.8) is 0 Å². The standard InChI is InChI=1S/C22H47NO3/c1-2-3-4-5-6-7-8-9-10-11-12-13-14-15-16-17-19-26-20-18-22(24,25)21-23/h24-25H,2-21,23H2,1H3. The maximum atomic E-state index is 9.32. The van der Waals surface area contributed by atoms with Gasteiger partial charge in [-0.25, -0.2) is 0 Å². The second-order valence-corrected chi connectivity index (χ2v) is 7.85. The minimum Gasteiger partial charge on any atom is -0.381 e. The highest BCUT2D eigenvalue weighted by Crippen LogP contribution is 2.13. The lowest BCUT2D eigenvalue weighted by molar-refractivity contribution is -0.165. The molecule has 0 unspecified atom stereocenters. The molecule has 4 nitrogen and oxygen atoms in total. The van der Waals surface area contributed by atoms with Gasteiger partial charge in [-0.1, -0.05) is 103 Å². The summed E-state index contributed by atoms with van der Waals surface area (Å²) in [4.78, 5) is 0. The Morgan fingerprint density at radius 3 is 1.38 bits per heavy atom. The van der Waals surface area contributed by atoms with Crippen LogP contribution in [0.4, 0.5) is 0 Å². The van der Waals surface area contributed by atoms with Gasteiger partial charge in [-0.2, -0.15) is 0 Å². The van der Waals surface area contributed by atoms with E-state index in [9.17, 15) is 10.2 Å². The highest BCUT2D eigenvalue weighted by Gasteiger charge is 2.19. The fourth-order valence-corrected chi connectivity index (χ4v) is 3.19. The third-order valence-electron chi connectivity index (χ3n) is 5.12. The van der Waals surface area contributed by atoms with Crippen molar-refractivity contribution >= 4 is 0 Å². The van der Waals surface area contributed by atoms with Crippen LogP contribution in [-0.4, -0.2) is 35.8 Å². The van der Waals surface area contributed by atoms with Crippen LogP contribution in [-0.2, 0) is 4.74 Å². The van der Waals surface area contributed by atoms with Gasteiger partial charge in [0, 0.05) is 19.6 Å². The Morgan fingerprint density at radius 1 is 0.615 bits per heavy atom. The van der Waals surface area contributed by atoms with Crippen LogP contribution in [0.25, 0.3) is 0 Å². The zero-order valence-electron chi connectivity index (χ0n) is 17.5. The van der Waals surface area contributed by atoms with E-state index >= 15 is 0 Å². The molecule has 0 saturated heterocycles. The molecular weight excluding hydrogens is 326 g/mol. The molecule has 0 heterocycles. The summed E-state index contributed by atoms with van der Waals surface area (Å²) in [7, 11) is 0. The van der Waals surface area contributed by atoms with Gasteiger partial charge in [-0.05, 0) is 6.42 Å². The highest BCUT2D eigenvalue weighted by molar-refractivity contribution is 4.63. The summed E-state index contributed by atoms with van der Waals surface area (Å²) in [5.74, 6) is -1.77. The second kappa shape index (κ2) is 19.6. The van der Waals surface area contributed by atoms with Crippen LogP contribution >= 0.6 is 0 Å². The lowest BCUT2D eigenvalue weighted by Crippen LogP contribution is -2.38. The number of rotatable bonds is 21. The van der Waals surface area contributed by atoms with Crippen LogP contribution in [0.2, 0.25) is 0 Å². The van der Waals surface area contributed by atoms with E-state index in [4.69, 9.17) is 10.5 Å². The zero-order valence-corrected chi connectivity index (χ0v) is 17.5. The maximum Gasteiger partial charge on any atom is 0.177 e. The lowest BCUT2D eigenvalue weighted by Gasteiger charge is -2.18. The molecule has 0 amide bonds. The SMILES string of the molecule is CCCCCCCCCCCCCCCCCCOCCC(O)(O)CN. The molecule has 158 valence electrons. The number of hydrogen-bond acceptors (Lipinski definition) is 4. The highest BCUT2D eigenvalue weighted by atomic mass is 16.5. The fraction of sp³-hybridized carbons (Fsp3) is 1.00. The van der Waals surface area contributed by atoms with E-state index in [1.165, 1.54) is 96.3 Å². The average molecular weight is 374 g/mol. The summed E-state index contributed by atoms with van der Waals surface area (Å²) in [5.41, 5.74) is 5.23. The van der Waals surface area contributed by atoms with Crippen molar-refractivity contribution in [2.75, 3.05) is 19.8 Å². The first kappa shape index (κ1) is 25.8. The van der Waals surface area contributed by atoms with Crippen molar-refractivity contribution in [1.82, 2.24) is 0 Å². The van der Waals surface area contributed by atoms with Crippen LogP contribution in [0.15, 0.2) is 0 Å². The van der Waals surface area contributed by atoms with Gasteiger partial charge in [-0.15, -0.1) is 0 Å². The van der Waals surface area contributed by atoms with Crippen molar-refractivity contribution in [2.24, 2.45) is 5.73 Å². The first-order valence-corrected chi connectivity index (χ1v) is 11.3. The summed E-state index contributed by atoms with van der Waals surface area (Å²) in [5, 5.41) is 18.6. The molecule has 4 N–H and O–H groups in total. The van der Waals surface area contributed by atoms with Crippen LogP contribution in [0, 0.1) is 0 Å². The Kier molecular flexibility index (Phi) is 19.5. The summed E-state index contributed by atoms with van der Waals surface area (Å²) >= 11 is 0. The Labute approximate surface area is 162 Å². The van der Waals surface area contributed by atoms with Gasteiger partial charge in [0.2, 0.25) is 0 Å². The Balaban J connectivity index is 3.05. The number of hydrogen-bond donors (Lipinski definition) is 3. The molecular formula is C22H47NO3. The second-order valence-electron chi connectivity index (χ2n) is 7.85. The summed E-state index contributed by atoms with van der Waals surface area (Å²) in [6.45, 7) is 3.21. The summed E-state index contributed by atoms with van der Waals surface area (Å²) < 4.78 is 5.41. The van der Waals surface area contributed by atoms with E-state index in [2.05, 4.69) is 6.92 Å². The van der Waals surface area contributed by atoms with Crippen molar-refractivity contribution in [1.29, 1.82) is 0 Å². The van der Waals surface area contributed by atoms with Gasteiger partial charge in [-0.3, -0.25) is 0 Å². The molecule has 0 rings (SSSR count). The Bertz CT molecular complexity index is 272. The Morgan fingerprint density at radius 2 is 1.00 bits per heavy atom. The van der Waals surface area contributed by atoms with E-state index in [0.29, 0.717) is 13.2 Å². The van der Waals surface area contributed by atoms with Gasteiger partial charge >= 0.3 is 0 Å². The molecule has 0 atom stereocenters. The van der Waals surface area contributed by atoms with Gasteiger partial charge in [0.25, 0.3) is 0 Å². The minimum atomic E-state index is -1.77. The van der Waals surface area contributed by atoms with Gasteiger partial charge < -0.3 is 20.7 Å². The quantitative estimate of drug-likeness (QED) is 0.189. The van der Waals surface area contributed by atoms with Gasteiger partial charge in [0.1, 0.15) is 0 Å². The molecule has 0 aromatic rings. The molecule has 0 aliphatic rings. The predicted molar refractivity (Wildman–Crippen MR) is 111 cm³/mol. The number of nitrogens with two attached hydrogens (primary N) is 1. The summed E-state index contributed by atoms with van der Waals surface area (Å²) in [6, 6.07) is 0. The normalized spacial score (nSPS) is 12.0. The molecule has 26 heavy (non-hydrogen) atoms. The van der Waals surface area contributed by atoms with Crippen molar-refractivity contribution in [3.8, 4) is 0 Å². The molecule has 0 aromatic carbocycles. The van der Waals surface area contributed by atoms with Crippen LogP contribution in [0.3, 0.4) is 0 Å². The van der Waals surface area contributed by atoms with E-state index in [0.717, 1.165) is 6.42 Å². The largest absolute Gasteiger partial charge is 0.381 e. The van der Waals surface area contributed by atoms with E-state index in [1.54, 1.807) is 0 Å². The molecule has 0 aromatic heterocycles. The van der Waals surface area contributed by atoms with Crippen LogP contribution < -0.4 is 5.73 Å². The maximum absolute atomic E-state index is 9.32. The summed E-state index contributed by atoms with van der Waals surface area (Å²) in [6.07, 6.45) is 22.0. The average Bonchev–Trinajstić information content (AvgIpc) is 2.63. The molecule has 0 fully saturated rings. The van der Waals surface area contributed by atoms with E-state index < -0.39 is 5.79 Å². The number of unbranched alkanes of at least 4 members (excludes halogenated alkanes) is 15. The van der Waals surface area contributed by atoms with Crippen molar-refractivity contribution < 1.29 is 14.9 Å². The molecule has 0 saturated carbocycles. The first-order chi connectivity index (χ1) is 12.6. The van der Waals surface area contributed by atoms with Gasteiger partial charge in [0.15, 0.2) is 5.79 Å². The smallest absolute Gasteiger partial charge is 0.177 e. The molecule has 4 heteroatoms. The number of ether oxygens (including phenoxy) is 1. The fourth-order valence-electron chi connectivity index (χ4n) is 3.19. The zero-order chi connectivity index (χ0) is 19.3. The number of aliphatic hydroxyl groups is 2. The lowest BCUT2D eigenvalue weighted by atomic mass is 10.0. The first-order valence-electron chi connectivity index (χ1n) is 11.3. The topological polar surface area (TPSA) is 75.7 Å². The minimum absolute atomic E-state index is 0.143. The molecule has 0 aliphatic heterocycles. The van der Waals surface area contributed by atoms with Crippen LogP contribution in [0.1, 0.15) is 116 Å². The molecule has 0 aliphatic carbocycles. The van der Waals surface area contributed by atoms with Crippen molar-refractivity contribution in [2.45, 2.75) is 122 Å².